The maximum absolute atomic E-state index is 14.2. The van der Waals surface area contributed by atoms with Crippen LogP contribution in [0, 0.1) is 5.82 Å². The van der Waals surface area contributed by atoms with Gasteiger partial charge in [-0.25, -0.2) is 12.8 Å². The predicted molar refractivity (Wildman–Crippen MR) is 112 cm³/mol. The van der Waals surface area contributed by atoms with E-state index in [-0.39, 0.29) is 23.5 Å². The minimum absolute atomic E-state index is 0.0386. The highest BCUT2D eigenvalue weighted by Gasteiger charge is 2.27. The Hall–Kier alpha value is -2.81. The summed E-state index contributed by atoms with van der Waals surface area (Å²) in [6, 6.07) is 14.9. The minimum atomic E-state index is -4.08. The number of rotatable bonds is 8. The fraction of sp³-hybridized carbons (Fsp3) is 0.143. The number of nitrogens with one attached hydrogen (secondary N) is 1. The van der Waals surface area contributed by atoms with Crippen LogP contribution >= 0.6 is 11.6 Å². The van der Waals surface area contributed by atoms with Crippen molar-refractivity contribution in [3.8, 4) is 0 Å². The van der Waals surface area contributed by atoms with Crippen molar-refractivity contribution in [3.05, 3.63) is 95.0 Å². The number of hydrogen-bond acceptors (Lipinski definition) is 4. The van der Waals surface area contributed by atoms with E-state index in [1.54, 1.807) is 30.6 Å². The monoisotopic (exact) mass is 447 g/mol. The molecular weight excluding hydrogens is 429 g/mol. The molecule has 1 N–H and O–H groups in total. The predicted octanol–water partition coefficient (Wildman–Crippen LogP) is 3.38. The molecule has 1 heterocycles. The van der Waals surface area contributed by atoms with Crippen molar-refractivity contribution in [3.63, 3.8) is 0 Å². The van der Waals surface area contributed by atoms with Gasteiger partial charge in [-0.05, 0) is 42.0 Å². The molecule has 1 amide bonds. The summed E-state index contributed by atoms with van der Waals surface area (Å²) in [5.41, 5.74) is 0.933. The summed E-state index contributed by atoms with van der Waals surface area (Å²) in [6.07, 6.45) is 3.21. The first kappa shape index (κ1) is 21.9. The van der Waals surface area contributed by atoms with Crippen LogP contribution in [0.15, 0.2) is 78.0 Å². The summed E-state index contributed by atoms with van der Waals surface area (Å²) in [4.78, 5) is 16.4. The topological polar surface area (TPSA) is 79.4 Å². The van der Waals surface area contributed by atoms with Crippen LogP contribution in [0.2, 0.25) is 5.02 Å². The van der Waals surface area contributed by atoms with Crippen molar-refractivity contribution < 1.29 is 17.6 Å². The van der Waals surface area contributed by atoms with E-state index in [9.17, 15) is 17.6 Å². The largest absolute Gasteiger partial charge is 0.351 e. The number of halogens is 2. The molecule has 0 atom stereocenters. The average Bonchev–Trinajstić information content (AvgIpc) is 2.74. The van der Waals surface area contributed by atoms with Crippen molar-refractivity contribution >= 4 is 27.5 Å². The van der Waals surface area contributed by atoms with E-state index in [1.807, 2.05) is 0 Å². The van der Waals surface area contributed by atoms with Crippen LogP contribution in [0.1, 0.15) is 11.1 Å². The van der Waals surface area contributed by atoms with E-state index in [0.29, 0.717) is 5.02 Å². The van der Waals surface area contributed by atoms with Gasteiger partial charge in [-0.3, -0.25) is 9.78 Å². The van der Waals surface area contributed by atoms with E-state index in [0.717, 1.165) is 9.87 Å². The summed E-state index contributed by atoms with van der Waals surface area (Å²) < 4.78 is 41.4. The molecule has 1 aromatic heterocycles. The maximum Gasteiger partial charge on any atom is 0.243 e. The molecule has 6 nitrogen and oxygen atoms in total. The Bertz CT molecular complexity index is 1110. The molecule has 0 fully saturated rings. The highest BCUT2D eigenvalue weighted by Crippen LogP contribution is 2.21. The summed E-state index contributed by atoms with van der Waals surface area (Å²) in [6.45, 7) is -0.571. The first-order valence-corrected chi connectivity index (χ1v) is 10.8. The van der Waals surface area contributed by atoms with Gasteiger partial charge in [-0.2, -0.15) is 4.31 Å². The zero-order valence-corrected chi connectivity index (χ0v) is 17.4. The Balaban J connectivity index is 1.82. The number of nitrogens with zero attached hydrogens (tertiary/aromatic N) is 2. The van der Waals surface area contributed by atoms with E-state index < -0.39 is 28.3 Å². The third-order valence-corrected chi connectivity index (χ3v) is 6.35. The lowest BCUT2D eigenvalue weighted by Gasteiger charge is -2.22. The van der Waals surface area contributed by atoms with Crippen molar-refractivity contribution in [1.29, 1.82) is 0 Å². The molecule has 30 heavy (non-hydrogen) atoms. The van der Waals surface area contributed by atoms with Gasteiger partial charge in [0.25, 0.3) is 0 Å². The second kappa shape index (κ2) is 9.80. The molecule has 3 rings (SSSR count). The van der Waals surface area contributed by atoms with Crippen molar-refractivity contribution in [2.45, 2.75) is 18.0 Å². The fourth-order valence-electron chi connectivity index (χ4n) is 2.72. The number of benzene rings is 2. The molecule has 0 saturated carbocycles. The molecule has 0 unspecified atom stereocenters. The van der Waals surface area contributed by atoms with Crippen LogP contribution in [0.3, 0.4) is 0 Å². The molecule has 2 aromatic carbocycles. The molecule has 0 aliphatic heterocycles. The second-order valence-electron chi connectivity index (χ2n) is 6.46. The Morgan fingerprint density at radius 3 is 2.47 bits per heavy atom. The molecule has 0 spiro atoms. The second-order valence-corrected chi connectivity index (χ2v) is 8.83. The highest BCUT2D eigenvalue weighted by molar-refractivity contribution is 7.89. The third-order valence-electron chi connectivity index (χ3n) is 4.29. The molecule has 0 bridgehead atoms. The molecule has 0 aliphatic rings. The van der Waals surface area contributed by atoms with Gasteiger partial charge in [0.15, 0.2) is 0 Å². The Morgan fingerprint density at radius 1 is 1.07 bits per heavy atom. The average molecular weight is 448 g/mol. The smallest absolute Gasteiger partial charge is 0.243 e. The van der Waals surface area contributed by atoms with Crippen molar-refractivity contribution in [2.24, 2.45) is 0 Å². The van der Waals surface area contributed by atoms with Crippen molar-refractivity contribution in [2.75, 3.05) is 6.54 Å². The van der Waals surface area contributed by atoms with E-state index in [2.05, 4.69) is 10.3 Å². The Labute approximate surface area is 179 Å². The molecule has 3 aromatic rings. The third kappa shape index (κ3) is 5.63. The van der Waals surface area contributed by atoms with E-state index in [1.165, 1.54) is 42.5 Å². The van der Waals surface area contributed by atoms with Gasteiger partial charge >= 0.3 is 0 Å². The summed E-state index contributed by atoms with van der Waals surface area (Å²) in [5.74, 6) is -1.07. The summed E-state index contributed by atoms with van der Waals surface area (Å²) >= 11 is 5.85. The number of carbonyl (C=O) groups is 1. The van der Waals surface area contributed by atoms with Crippen LogP contribution in [-0.2, 0) is 27.9 Å². The number of pyridine rings is 1. The van der Waals surface area contributed by atoms with Crippen LogP contribution in [0.25, 0.3) is 0 Å². The van der Waals surface area contributed by atoms with Crippen LogP contribution in [0.4, 0.5) is 4.39 Å². The van der Waals surface area contributed by atoms with Gasteiger partial charge in [-0.1, -0.05) is 35.9 Å². The Morgan fingerprint density at radius 2 is 1.80 bits per heavy atom. The molecule has 0 radical (unpaired) electrons. The van der Waals surface area contributed by atoms with Gasteiger partial charge in [0.05, 0.1) is 11.4 Å². The number of carbonyl (C=O) groups excluding carboxylic acids is 1. The molecule has 0 saturated heterocycles. The number of amides is 1. The molecule has 156 valence electrons. The maximum atomic E-state index is 14.2. The van der Waals surface area contributed by atoms with Gasteiger partial charge in [0, 0.05) is 36.1 Å². The zero-order valence-electron chi connectivity index (χ0n) is 15.8. The SMILES string of the molecule is O=C(CN(Cc1ccccc1F)S(=O)(=O)c1ccc(Cl)cc1)NCc1cccnc1. The van der Waals surface area contributed by atoms with Gasteiger partial charge in [-0.15, -0.1) is 0 Å². The number of sulfonamides is 1. The first-order chi connectivity index (χ1) is 14.4. The molecular formula is C21H19ClFN3O3S. The lowest BCUT2D eigenvalue weighted by molar-refractivity contribution is -0.121. The fourth-order valence-corrected chi connectivity index (χ4v) is 4.22. The summed E-state index contributed by atoms with van der Waals surface area (Å²) in [5, 5.41) is 3.04. The molecule has 0 aliphatic carbocycles. The lowest BCUT2D eigenvalue weighted by atomic mass is 10.2. The minimum Gasteiger partial charge on any atom is -0.351 e. The normalized spacial score (nSPS) is 11.4. The quantitative estimate of drug-likeness (QED) is 0.574. The van der Waals surface area contributed by atoms with Crippen LogP contribution in [0.5, 0.6) is 0 Å². The van der Waals surface area contributed by atoms with Gasteiger partial charge < -0.3 is 5.32 Å². The van der Waals surface area contributed by atoms with Crippen LogP contribution < -0.4 is 5.32 Å². The lowest BCUT2D eigenvalue weighted by Crippen LogP contribution is -2.40. The molecule has 9 heteroatoms. The first-order valence-electron chi connectivity index (χ1n) is 9.01. The highest BCUT2D eigenvalue weighted by atomic mass is 35.5. The zero-order chi connectivity index (χ0) is 21.6. The summed E-state index contributed by atoms with van der Waals surface area (Å²) in [7, 11) is -4.08. The van der Waals surface area contributed by atoms with E-state index in [4.69, 9.17) is 11.6 Å². The number of aromatic nitrogens is 1. The van der Waals surface area contributed by atoms with Gasteiger partial charge in [0.1, 0.15) is 5.82 Å². The number of hydrogen-bond donors (Lipinski definition) is 1. The van der Waals surface area contributed by atoms with E-state index >= 15 is 0 Å². The van der Waals surface area contributed by atoms with Crippen molar-refractivity contribution in [1.82, 2.24) is 14.6 Å². The van der Waals surface area contributed by atoms with Crippen LogP contribution in [-0.4, -0.2) is 30.2 Å². The Kier molecular flexibility index (Phi) is 7.15. The van der Waals surface area contributed by atoms with Gasteiger partial charge in [0.2, 0.25) is 15.9 Å². The standard InChI is InChI=1S/C21H19ClFN3O3S/c22-18-7-9-19(10-8-18)30(28,29)26(14-17-5-1-2-6-20(17)23)15-21(27)25-13-16-4-3-11-24-12-16/h1-12H,13-15H2,(H,25,27).